The zero-order chi connectivity index (χ0) is 47.7. The molecule has 20 nitrogen and oxygen atoms in total. The molecule has 1 aromatic heterocycles. The fourth-order valence-electron chi connectivity index (χ4n) is 7.78. The smallest absolute Gasteiger partial charge is 0.264 e. The van der Waals surface area contributed by atoms with E-state index in [9.17, 15) is 32.4 Å². The molecule has 0 radical (unpaired) electrons. The highest BCUT2D eigenvalue weighted by Crippen LogP contribution is 2.32. The van der Waals surface area contributed by atoms with Gasteiger partial charge >= 0.3 is 0 Å². The first-order chi connectivity index (χ1) is 32.0. The maximum Gasteiger partial charge on any atom is 0.264 e. The molecule has 4 heterocycles. The second-order valence-electron chi connectivity index (χ2n) is 17.3. The largest absolute Gasteiger partial charge is 0.382 e. The van der Waals surface area contributed by atoms with Crippen molar-refractivity contribution in [1.82, 2.24) is 35.1 Å². The molecule has 356 valence electrons. The molecule has 3 aliphatic heterocycles. The number of anilines is 6. The number of piperazine rings is 1. The number of rotatable bonds is 20. The van der Waals surface area contributed by atoms with Crippen LogP contribution in [-0.4, -0.2) is 142 Å². The van der Waals surface area contributed by atoms with E-state index in [1.807, 2.05) is 31.2 Å². The zero-order valence-corrected chi connectivity index (χ0v) is 38.8. The van der Waals surface area contributed by atoms with Gasteiger partial charge in [0.25, 0.3) is 11.8 Å². The molecule has 0 aliphatic carbocycles. The summed E-state index contributed by atoms with van der Waals surface area (Å²) >= 11 is 0. The highest BCUT2D eigenvalue weighted by atomic mass is 32.2. The summed E-state index contributed by atoms with van der Waals surface area (Å²) in [5, 5.41) is 14.7. The molecule has 3 aromatic carbocycles. The normalized spacial score (nSPS) is 16.7. The summed E-state index contributed by atoms with van der Waals surface area (Å²) in [6.45, 7) is 12.5. The Morgan fingerprint density at radius 2 is 1.57 bits per heavy atom. The van der Waals surface area contributed by atoms with Crippen LogP contribution >= 0.6 is 0 Å². The molecule has 5 amide bonds. The van der Waals surface area contributed by atoms with Gasteiger partial charge in [-0.25, -0.2) is 18.1 Å². The van der Waals surface area contributed by atoms with Gasteiger partial charge < -0.3 is 35.6 Å². The molecule has 2 saturated heterocycles. The Labute approximate surface area is 389 Å². The summed E-state index contributed by atoms with van der Waals surface area (Å²) in [4.78, 5) is 77.5. The minimum Gasteiger partial charge on any atom is -0.382 e. The number of benzene rings is 3. The van der Waals surface area contributed by atoms with Crippen molar-refractivity contribution in [2.75, 3.05) is 93.1 Å². The highest BCUT2D eigenvalue weighted by Gasteiger charge is 2.45. The minimum atomic E-state index is -3.71. The third kappa shape index (κ3) is 12.7. The zero-order valence-electron chi connectivity index (χ0n) is 38.0. The first-order valence-corrected chi connectivity index (χ1v) is 23.6. The number of nitrogens with zero attached hydrogens (tertiary/aromatic N) is 5. The van der Waals surface area contributed by atoms with Gasteiger partial charge in [-0.1, -0.05) is 12.1 Å². The molecule has 1 atom stereocenters. The molecule has 6 N–H and O–H groups in total. The Kier molecular flexibility index (Phi) is 15.5. The number of hydrogen-bond donors (Lipinski definition) is 6. The minimum absolute atomic E-state index is 0.0500. The van der Waals surface area contributed by atoms with Crippen LogP contribution in [0.5, 0.6) is 0 Å². The third-order valence-electron chi connectivity index (χ3n) is 11.0. The number of carbonyl (C=O) groups is 5. The van der Waals surface area contributed by atoms with Crippen molar-refractivity contribution in [3.05, 3.63) is 89.6 Å². The van der Waals surface area contributed by atoms with Crippen LogP contribution in [0.2, 0.25) is 0 Å². The van der Waals surface area contributed by atoms with E-state index in [4.69, 9.17) is 9.47 Å². The molecule has 67 heavy (non-hydrogen) atoms. The Bertz CT molecular complexity index is 2580. The molecule has 21 heteroatoms. The maximum absolute atomic E-state index is 13.3. The number of sulfonamides is 1. The summed E-state index contributed by atoms with van der Waals surface area (Å²) in [6, 6.07) is 18.4. The average Bonchev–Trinajstić information content (AvgIpc) is 3.54. The standard InChI is InChI=1S/C46H57N11O9S/c1-30-28-49-45(53-41(30)50-32-7-5-8-34(27-32)67(63,64)54-46(2,3)4)51-31-11-13-33(14-12-31)56-21-19-55(20-22-56)29-39(59)48-18-24-66-26-25-65-23-17-47-36-10-6-9-35-40(36)44(62)57(43(35)61)37-15-16-38(58)52-42(37)60/h5-14,27-28,37,47,54H,15-26,29H2,1-4H3,(H,48,59)(H,52,58,60)(H2,49,50,51,53). The van der Waals surface area contributed by atoms with E-state index >= 15 is 0 Å². The van der Waals surface area contributed by atoms with Crippen LogP contribution in [0.15, 0.2) is 77.8 Å². The predicted octanol–water partition coefficient (Wildman–Crippen LogP) is 3.13. The van der Waals surface area contributed by atoms with Crippen LogP contribution in [0.25, 0.3) is 0 Å². The van der Waals surface area contributed by atoms with Crippen molar-refractivity contribution < 1.29 is 41.9 Å². The van der Waals surface area contributed by atoms with E-state index in [1.54, 1.807) is 69.4 Å². The summed E-state index contributed by atoms with van der Waals surface area (Å²) < 4.78 is 39.7. The molecular weight excluding hydrogens is 883 g/mol. The summed E-state index contributed by atoms with van der Waals surface area (Å²) in [5.41, 5.74) is 3.44. The van der Waals surface area contributed by atoms with E-state index in [0.29, 0.717) is 69.2 Å². The SMILES string of the molecule is Cc1cnc(Nc2ccc(N3CCN(CC(=O)NCCOCCOCCNc4cccc5c4C(=O)N(C4CCC(=O)NC4=O)C5=O)CC3)cc2)nc1Nc1cccc(S(=O)(=O)NC(C)(C)C)c1. The molecular formula is C46H57N11O9S. The Morgan fingerprint density at radius 3 is 2.28 bits per heavy atom. The monoisotopic (exact) mass is 939 g/mol. The Balaban J connectivity index is 0.753. The van der Waals surface area contributed by atoms with Gasteiger partial charge in [-0.05, 0) is 88.7 Å². The van der Waals surface area contributed by atoms with Crippen molar-refractivity contribution in [1.29, 1.82) is 0 Å². The van der Waals surface area contributed by atoms with Crippen LogP contribution in [-0.2, 0) is 33.9 Å². The van der Waals surface area contributed by atoms with Crippen LogP contribution in [0.4, 0.5) is 34.5 Å². The number of imide groups is 2. The van der Waals surface area contributed by atoms with Crippen LogP contribution in [0.1, 0.15) is 59.9 Å². The number of hydrogen-bond acceptors (Lipinski definition) is 16. The number of fused-ring (bicyclic) bond motifs is 1. The molecule has 0 spiro atoms. The number of aryl methyl sites for hydroxylation is 1. The molecule has 0 bridgehead atoms. The average molecular weight is 940 g/mol. The van der Waals surface area contributed by atoms with E-state index in [1.165, 1.54) is 0 Å². The maximum atomic E-state index is 13.3. The summed E-state index contributed by atoms with van der Waals surface area (Å²) in [6.07, 6.45) is 1.83. The number of amides is 5. The number of aromatic nitrogens is 2. The quantitative estimate of drug-likeness (QED) is 0.0551. The van der Waals surface area contributed by atoms with Crippen molar-refractivity contribution in [2.45, 2.75) is 57.0 Å². The van der Waals surface area contributed by atoms with E-state index < -0.39 is 45.2 Å². The second-order valence-corrected chi connectivity index (χ2v) is 19.0. The van der Waals surface area contributed by atoms with Crippen LogP contribution in [0.3, 0.4) is 0 Å². The number of nitrogens with one attached hydrogen (secondary N) is 6. The van der Waals surface area contributed by atoms with Crippen LogP contribution < -0.4 is 36.2 Å². The molecule has 1 unspecified atom stereocenters. The van der Waals surface area contributed by atoms with Gasteiger partial charge in [0.1, 0.15) is 11.9 Å². The lowest BCUT2D eigenvalue weighted by Gasteiger charge is -2.35. The lowest BCUT2D eigenvalue weighted by atomic mass is 10.0. The van der Waals surface area contributed by atoms with Crippen molar-refractivity contribution in [2.24, 2.45) is 0 Å². The molecule has 4 aromatic rings. The van der Waals surface area contributed by atoms with Gasteiger partial charge in [0, 0.05) is 85.7 Å². The van der Waals surface area contributed by atoms with Crippen molar-refractivity contribution in [3.63, 3.8) is 0 Å². The Hall–Kier alpha value is -6.52. The summed E-state index contributed by atoms with van der Waals surface area (Å²) in [7, 11) is -3.71. The first-order valence-electron chi connectivity index (χ1n) is 22.1. The number of carbonyl (C=O) groups excluding carboxylic acids is 5. The fraction of sp³-hybridized carbons (Fsp3) is 0.413. The predicted molar refractivity (Wildman–Crippen MR) is 251 cm³/mol. The van der Waals surface area contributed by atoms with Crippen molar-refractivity contribution in [3.8, 4) is 0 Å². The first kappa shape index (κ1) is 48.4. The lowest BCUT2D eigenvalue weighted by molar-refractivity contribution is -0.136. The van der Waals surface area contributed by atoms with Gasteiger partial charge in [0.2, 0.25) is 33.7 Å². The number of piperidine rings is 1. The molecule has 0 saturated carbocycles. The molecule has 7 rings (SSSR count). The fourth-order valence-corrected chi connectivity index (χ4v) is 9.25. The van der Waals surface area contributed by atoms with Gasteiger partial charge in [0.05, 0.1) is 49.0 Å². The topological polar surface area (TPSA) is 246 Å². The van der Waals surface area contributed by atoms with Gasteiger partial charge in [0.15, 0.2) is 0 Å². The molecule has 2 fully saturated rings. The third-order valence-corrected chi connectivity index (χ3v) is 12.8. The molecule has 3 aliphatic rings. The van der Waals surface area contributed by atoms with E-state index in [-0.39, 0.29) is 34.8 Å². The lowest BCUT2D eigenvalue weighted by Crippen LogP contribution is -2.54. The van der Waals surface area contributed by atoms with Crippen molar-refractivity contribution >= 4 is 74.1 Å². The van der Waals surface area contributed by atoms with E-state index in [0.717, 1.165) is 48.0 Å². The van der Waals surface area contributed by atoms with E-state index in [2.05, 4.69) is 51.1 Å². The second kappa shape index (κ2) is 21.4. The van der Waals surface area contributed by atoms with Gasteiger partial charge in [-0.2, -0.15) is 4.98 Å². The Morgan fingerprint density at radius 1 is 0.851 bits per heavy atom. The summed E-state index contributed by atoms with van der Waals surface area (Å²) in [5.74, 6) is -1.38. The number of ether oxygens (including phenoxy) is 2. The van der Waals surface area contributed by atoms with Gasteiger partial charge in [-0.3, -0.25) is 39.1 Å². The van der Waals surface area contributed by atoms with Crippen LogP contribution in [0, 0.1) is 6.92 Å². The van der Waals surface area contributed by atoms with Gasteiger partial charge in [-0.15, -0.1) is 0 Å². The highest BCUT2D eigenvalue weighted by molar-refractivity contribution is 7.89.